The quantitative estimate of drug-likeness (QED) is 0.360. The number of amides is 2. The maximum absolute atomic E-state index is 13.3. The van der Waals surface area contributed by atoms with Crippen molar-refractivity contribution in [2.24, 2.45) is 41.4 Å². The number of aryl methyl sites for hydroxylation is 1. The molecular formula is C28H24ClNO3. The summed E-state index contributed by atoms with van der Waals surface area (Å²) < 4.78 is 0. The lowest BCUT2D eigenvalue weighted by molar-refractivity contribution is -0.124. The number of halogens is 1. The molecule has 4 nitrogen and oxygen atoms in total. The van der Waals surface area contributed by atoms with Gasteiger partial charge in [-0.25, -0.2) is 0 Å². The van der Waals surface area contributed by atoms with E-state index in [1.54, 1.807) is 12.1 Å². The average molecular weight is 458 g/mol. The molecule has 2 aromatic rings. The van der Waals surface area contributed by atoms with Crippen LogP contribution in [0.2, 0.25) is 5.02 Å². The second-order valence-corrected chi connectivity index (χ2v) is 10.9. The van der Waals surface area contributed by atoms with Gasteiger partial charge in [0.05, 0.1) is 17.5 Å². The van der Waals surface area contributed by atoms with E-state index in [0.29, 0.717) is 28.1 Å². The van der Waals surface area contributed by atoms with Crippen LogP contribution in [0.15, 0.2) is 54.6 Å². The highest BCUT2D eigenvalue weighted by molar-refractivity contribution is 6.31. The second-order valence-electron chi connectivity index (χ2n) is 10.5. The number of imide groups is 1. The molecule has 8 rings (SSSR count). The SMILES string of the molecule is Cc1cc(C(=O)C2CC2c2ccc(N3C(=O)C4C5C=CC(C6CC56)C4C3=O)cc2)ccc1Cl. The molecule has 8 atom stereocenters. The summed E-state index contributed by atoms with van der Waals surface area (Å²) in [6.45, 7) is 1.91. The summed E-state index contributed by atoms with van der Waals surface area (Å²) in [5.74, 6) is 1.59. The molecule has 166 valence electrons. The molecule has 3 saturated carbocycles. The van der Waals surface area contributed by atoms with E-state index in [9.17, 15) is 14.4 Å². The molecule has 0 aromatic heterocycles. The Morgan fingerprint density at radius 1 is 0.909 bits per heavy atom. The van der Waals surface area contributed by atoms with E-state index in [0.717, 1.165) is 17.5 Å². The molecule has 5 aliphatic carbocycles. The van der Waals surface area contributed by atoms with Gasteiger partial charge in [0, 0.05) is 16.5 Å². The van der Waals surface area contributed by atoms with Gasteiger partial charge in [-0.2, -0.15) is 0 Å². The molecule has 0 radical (unpaired) electrons. The molecular weight excluding hydrogens is 434 g/mol. The monoisotopic (exact) mass is 457 g/mol. The predicted octanol–water partition coefficient (Wildman–Crippen LogP) is 5.19. The number of anilines is 1. The van der Waals surface area contributed by atoms with Crippen molar-refractivity contribution in [3.8, 4) is 0 Å². The first-order chi connectivity index (χ1) is 15.9. The normalized spacial score (nSPS) is 37.2. The maximum Gasteiger partial charge on any atom is 0.238 e. The van der Waals surface area contributed by atoms with Crippen LogP contribution < -0.4 is 4.90 Å². The summed E-state index contributed by atoms with van der Waals surface area (Å²) in [6.07, 6.45) is 6.39. The molecule has 33 heavy (non-hydrogen) atoms. The lowest BCUT2D eigenvalue weighted by atomic mass is 9.63. The Kier molecular flexibility index (Phi) is 3.98. The Balaban J connectivity index is 1.09. The lowest BCUT2D eigenvalue weighted by Crippen LogP contribution is -2.40. The van der Waals surface area contributed by atoms with Crippen molar-refractivity contribution in [3.63, 3.8) is 0 Å². The second kappa shape index (κ2) is 6.66. The molecule has 2 amide bonds. The van der Waals surface area contributed by atoms with Crippen molar-refractivity contribution in [1.29, 1.82) is 0 Å². The Hall–Kier alpha value is -2.72. The summed E-state index contributed by atoms with van der Waals surface area (Å²) in [5.41, 5.74) is 3.36. The lowest BCUT2D eigenvalue weighted by Gasteiger charge is -2.37. The van der Waals surface area contributed by atoms with E-state index >= 15 is 0 Å². The smallest absolute Gasteiger partial charge is 0.238 e. The van der Waals surface area contributed by atoms with Gasteiger partial charge in [0.25, 0.3) is 0 Å². The first-order valence-electron chi connectivity index (χ1n) is 11.9. The molecule has 2 aromatic carbocycles. The minimum Gasteiger partial charge on any atom is -0.294 e. The van der Waals surface area contributed by atoms with Gasteiger partial charge < -0.3 is 0 Å². The van der Waals surface area contributed by atoms with Crippen molar-refractivity contribution < 1.29 is 14.4 Å². The van der Waals surface area contributed by atoms with Crippen LogP contribution in [0.3, 0.4) is 0 Å². The van der Waals surface area contributed by atoms with E-state index < -0.39 is 0 Å². The van der Waals surface area contributed by atoms with Gasteiger partial charge in [-0.15, -0.1) is 0 Å². The third-order valence-corrected chi connectivity index (χ3v) is 9.24. The van der Waals surface area contributed by atoms with Gasteiger partial charge in [-0.1, -0.05) is 35.9 Å². The number of hydrogen-bond donors (Lipinski definition) is 0. The highest BCUT2D eigenvalue weighted by atomic mass is 35.5. The highest BCUT2D eigenvalue weighted by Gasteiger charge is 2.67. The molecule has 6 aliphatic rings. The van der Waals surface area contributed by atoms with Gasteiger partial charge in [0.2, 0.25) is 11.8 Å². The third kappa shape index (κ3) is 2.73. The largest absolute Gasteiger partial charge is 0.294 e. The van der Waals surface area contributed by atoms with Crippen molar-refractivity contribution in [2.45, 2.75) is 25.7 Å². The molecule has 4 fully saturated rings. The van der Waals surface area contributed by atoms with Crippen LogP contribution in [-0.4, -0.2) is 17.6 Å². The van der Waals surface area contributed by atoms with Crippen LogP contribution in [0.5, 0.6) is 0 Å². The number of Topliss-reactive ketones (excluding diaryl/α,β-unsaturated/α-hetero) is 1. The standard InChI is InChI=1S/C28H24ClNO3/c1-13-10-15(4-9-23(13)29)26(31)22-11-19(22)14-2-5-16(6-3-14)30-27(32)24-17-7-8-18(21-12-20(17)21)25(24)28(30)33/h2-10,17-22,24-25H,11-12H2,1H3. The Labute approximate surface area is 197 Å². The van der Waals surface area contributed by atoms with Crippen LogP contribution in [0.4, 0.5) is 5.69 Å². The number of benzene rings is 2. The van der Waals surface area contributed by atoms with Gasteiger partial charge in [0.15, 0.2) is 5.78 Å². The minimum absolute atomic E-state index is 0.0252. The van der Waals surface area contributed by atoms with Crippen LogP contribution in [-0.2, 0) is 9.59 Å². The zero-order valence-corrected chi connectivity index (χ0v) is 19.0. The van der Waals surface area contributed by atoms with Crippen LogP contribution >= 0.6 is 11.6 Å². The summed E-state index contributed by atoms with van der Waals surface area (Å²) in [5, 5.41) is 0.668. The third-order valence-electron chi connectivity index (χ3n) is 8.81. The minimum atomic E-state index is -0.177. The molecule has 5 heteroatoms. The molecule has 1 heterocycles. The number of nitrogens with zero attached hydrogens (tertiary/aromatic N) is 1. The summed E-state index contributed by atoms with van der Waals surface area (Å²) >= 11 is 6.10. The zero-order valence-electron chi connectivity index (χ0n) is 18.3. The predicted molar refractivity (Wildman–Crippen MR) is 125 cm³/mol. The number of allylic oxidation sites excluding steroid dienone is 2. The fourth-order valence-electron chi connectivity index (χ4n) is 6.95. The van der Waals surface area contributed by atoms with E-state index in [2.05, 4.69) is 12.2 Å². The number of carbonyl (C=O) groups excluding carboxylic acids is 3. The van der Waals surface area contributed by atoms with Gasteiger partial charge >= 0.3 is 0 Å². The van der Waals surface area contributed by atoms with Crippen molar-refractivity contribution in [3.05, 3.63) is 76.3 Å². The average Bonchev–Trinajstić information content (AvgIpc) is 3.74. The molecule has 0 N–H and O–H groups in total. The van der Waals surface area contributed by atoms with Gasteiger partial charge in [-0.05, 0) is 90.8 Å². The van der Waals surface area contributed by atoms with Crippen molar-refractivity contribution >= 4 is 34.9 Å². The highest BCUT2D eigenvalue weighted by Crippen LogP contribution is 2.65. The Bertz CT molecular complexity index is 1230. The van der Waals surface area contributed by atoms with Gasteiger partial charge in [-0.3, -0.25) is 19.3 Å². The summed E-state index contributed by atoms with van der Waals surface area (Å²) in [4.78, 5) is 40.9. The molecule has 0 spiro atoms. The molecule has 2 bridgehead atoms. The fourth-order valence-corrected chi connectivity index (χ4v) is 7.06. The topological polar surface area (TPSA) is 54.5 Å². The van der Waals surface area contributed by atoms with Crippen molar-refractivity contribution in [1.82, 2.24) is 0 Å². The maximum atomic E-state index is 13.3. The number of rotatable bonds is 4. The Morgan fingerprint density at radius 2 is 1.55 bits per heavy atom. The summed E-state index contributed by atoms with van der Waals surface area (Å²) in [6, 6.07) is 13.2. The van der Waals surface area contributed by atoms with E-state index in [4.69, 9.17) is 11.6 Å². The molecule has 8 unspecified atom stereocenters. The van der Waals surface area contributed by atoms with E-state index in [1.807, 2.05) is 37.3 Å². The summed E-state index contributed by atoms with van der Waals surface area (Å²) in [7, 11) is 0. The number of hydrogen-bond acceptors (Lipinski definition) is 3. The van der Waals surface area contributed by atoms with Crippen LogP contribution in [0, 0.1) is 48.3 Å². The first-order valence-corrected chi connectivity index (χ1v) is 12.3. The van der Waals surface area contributed by atoms with E-state index in [1.165, 1.54) is 11.3 Å². The van der Waals surface area contributed by atoms with Crippen LogP contribution in [0.25, 0.3) is 0 Å². The first kappa shape index (κ1) is 19.7. The Morgan fingerprint density at radius 3 is 2.15 bits per heavy atom. The zero-order chi connectivity index (χ0) is 22.6. The van der Waals surface area contributed by atoms with E-state index in [-0.39, 0.29) is 53.1 Å². The number of ketones is 1. The van der Waals surface area contributed by atoms with Gasteiger partial charge in [0.1, 0.15) is 0 Å². The molecule has 1 saturated heterocycles. The van der Waals surface area contributed by atoms with Crippen molar-refractivity contribution in [2.75, 3.05) is 4.90 Å². The number of carbonyl (C=O) groups is 3. The fraction of sp³-hybridized carbons (Fsp3) is 0.393. The van der Waals surface area contributed by atoms with Crippen LogP contribution in [0.1, 0.15) is 40.2 Å². The molecule has 1 aliphatic heterocycles.